The van der Waals surface area contributed by atoms with Crippen molar-refractivity contribution in [2.45, 2.75) is 6.54 Å². The number of hydrogen-bond acceptors (Lipinski definition) is 1. The maximum Gasteiger partial charge on any atom is 0.142 e. The van der Waals surface area contributed by atoms with Gasteiger partial charge in [0.25, 0.3) is 0 Å². The Labute approximate surface area is 145 Å². The highest BCUT2D eigenvalue weighted by molar-refractivity contribution is 14.1. The van der Waals surface area contributed by atoms with Crippen molar-refractivity contribution in [2.24, 2.45) is 0 Å². The first-order valence-corrected chi connectivity index (χ1v) is 8.42. The van der Waals surface area contributed by atoms with Gasteiger partial charge in [-0.15, -0.1) is 0 Å². The van der Waals surface area contributed by atoms with Gasteiger partial charge in [-0.2, -0.15) is 0 Å². The lowest BCUT2D eigenvalue weighted by molar-refractivity contribution is 0.787. The van der Waals surface area contributed by atoms with Crippen molar-refractivity contribution in [3.63, 3.8) is 0 Å². The number of halogens is 2. The highest BCUT2D eigenvalue weighted by atomic mass is 127. The minimum Gasteiger partial charge on any atom is -0.314 e. The Hall–Kier alpha value is -0.890. The molecule has 0 atom stereocenters. The van der Waals surface area contributed by atoms with E-state index >= 15 is 0 Å². The fraction of sp³-hybridized carbons (Fsp3) is 0.0625. The fourth-order valence-electron chi connectivity index (χ4n) is 2.12. The Kier molecular flexibility index (Phi) is 4.40. The van der Waals surface area contributed by atoms with Gasteiger partial charge >= 0.3 is 0 Å². The third kappa shape index (κ3) is 2.90. The second-order valence-electron chi connectivity index (χ2n) is 4.45. The van der Waals surface area contributed by atoms with Crippen LogP contribution >= 0.6 is 45.2 Å². The summed E-state index contributed by atoms with van der Waals surface area (Å²) in [6.45, 7) is 0.847. The summed E-state index contributed by atoms with van der Waals surface area (Å²) in [4.78, 5) is 4.72. The lowest BCUT2D eigenvalue weighted by Gasteiger charge is -2.09. The SMILES string of the molecule is Ic1nc(-c2ccccc2)n(Cc2ccccc2)c1I. The van der Waals surface area contributed by atoms with E-state index < -0.39 is 0 Å². The maximum atomic E-state index is 4.72. The van der Waals surface area contributed by atoms with Gasteiger partial charge < -0.3 is 4.57 Å². The molecule has 0 unspecified atom stereocenters. The van der Waals surface area contributed by atoms with Gasteiger partial charge in [-0.3, -0.25) is 0 Å². The fourth-order valence-corrected chi connectivity index (χ4v) is 3.16. The number of rotatable bonds is 3. The summed E-state index contributed by atoms with van der Waals surface area (Å²) >= 11 is 4.67. The van der Waals surface area contributed by atoms with Gasteiger partial charge in [-0.05, 0) is 50.7 Å². The lowest BCUT2D eigenvalue weighted by Crippen LogP contribution is -2.04. The van der Waals surface area contributed by atoms with E-state index in [4.69, 9.17) is 4.98 Å². The standard InChI is InChI=1S/C16H12I2N2/c17-14-15(18)20(11-12-7-3-1-4-8-12)16(19-14)13-9-5-2-6-10-13/h1-10H,11H2. The molecule has 0 aliphatic carbocycles. The van der Waals surface area contributed by atoms with Gasteiger partial charge in [0, 0.05) is 5.56 Å². The van der Waals surface area contributed by atoms with E-state index in [1.165, 1.54) is 9.26 Å². The van der Waals surface area contributed by atoms with Crippen molar-refractivity contribution < 1.29 is 0 Å². The van der Waals surface area contributed by atoms with Crippen LogP contribution in [0.2, 0.25) is 0 Å². The number of aromatic nitrogens is 2. The number of hydrogen-bond donors (Lipinski definition) is 0. The van der Waals surface area contributed by atoms with Crippen LogP contribution < -0.4 is 0 Å². The zero-order valence-electron chi connectivity index (χ0n) is 10.6. The monoisotopic (exact) mass is 486 g/mol. The van der Waals surface area contributed by atoms with E-state index in [9.17, 15) is 0 Å². The van der Waals surface area contributed by atoms with Crippen molar-refractivity contribution in [3.8, 4) is 11.4 Å². The van der Waals surface area contributed by atoms with Crippen LogP contribution in [0.5, 0.6) is 0 Å². The van der Waals surface area contributed by atoms with Crippen molar-refractivity contribution >= 4 is 45.2 Å². The summed E-state index contributed by atoms with van der Waals surface area (Å²) in [5, 5.41) is 0. The molecule has 0 N–H and O–H groups in total. The minimum absolute atomic E-state index is 0.847. The van der Waals surface area contributed by atoms with Crippen LogP contribution in [-0.2, 0) is 6.54 Å². The maximum absolute atomic E-state index is 4.72. The molecule has 0 saturated carbocycles. The first kappa shape index (κ1) is 14.1. The predicted molar refractivity (Wildman–Crippen MR) is 98.6 cm³/mol. The smallest absolute Gasteiger partial charge is 0.142 e. The highest BCUT2D eigenvalue weighted by Gasteiger charge is 2.14. The van der Waals surface area contributed by atoms with Crippen LogP contribution in [0, 0.1) is 7.40 Å². The summed E-state index contributed by atoms with van der Waals surface area (Å²) in [6, 6.07) is 20.8. The molecule has 3 rings (SSSR count). The molecule has 0 saturated heterocycles. The molecule has 0 spiro atoms. The molecule has 1 heterocycles. The highest BCUT2D eigenvalue weighted by Crippen LogP contribution is 2.25. The normalized spacial score (nSPS) is 10.7. The Morgan fingerprint density at radius 2 is 1.45 bits per heavy atom. The van der Waals surface area contributed by atoms with Crippen molar-refractivity contribution in [2.75, 3.05) is 0 Å². The Bertz CT molecular complexity index is 706. The topological polar surface area (TPSA) is 17.8 Å². The van der Waals surface area contributed by atoms with E-state index in [2.05, 4.69) is 98.3 Å². The molecule has 4 heteroatoms. The zero-order chi connectivity index (χ0) is 13.9. The zero-order valence-corrected chi connectivity index (χ0v) is 14.9. The third-order valence-corrected chi connectivity index (χ3v) is 5.96. The molecule has 1 aromatic heterocycles. The summed E-state index contributed by atoms with van der Waals surface area (Å²) in [5.74, 6) is 1.03. The average Bonchev–Trinajstić information content (AvgIpc) is 2.78. The van der Waals surface area contributed by atoms with E-state index in [-0.39, 0.29) is 0 Å². The van der Waals surface area contributed by atoms with Gasteiger partial charge in [0.1, 0.15) is 13.2 Å². The molecule has 0 bridgehead atoms. The molecule has 100 valence electrons. The van der Waals surface area contributed by atoms with E-state index in [1.807, 2.05) is 12.1 Å². The van der Waals surface area contributed by atoms with Gasteiger partial charge in [-0.1, -0.05) is 60.7 Å². The number of nitrogens with zero attached hydrogens (tertiary/aromatic N) is 2. The first-order valence-electron chi connectivity index (χ1n) is 6.26. The second-order valence-corrected chi connectivity index (χ2v) is 6.50. The van der Waals surface area contributed by atoms with Crippen LogP contribution in [0.1, 0.15) is 5.56 Å². The lowest BCUT2D eigenvalue weighted by atomic mass is 10.2. The quantitative estimate of drug-likeness (QED) is 0.487. The predicted octanol–water partition coefficient (Wildman–Crippen LogP) is 4.81. The molecular formula is C16H12I2N2. The summed E-state index contributed by atoms with van der Waals surface area (Å²) in [5.41, 5.74) is 2.45. The Morgan fingerprint density at radius 1 is 0.850 bits per heavy atom. The van der Waals surface area contributed by atoms with Crippen LogP contribution in [0.4, 0.5) is 0 Å². The molecule has 0 amide bonds. The molecule has 20 heavy (non-hydrogen) atoms. The Balaban J connectivity index is 2.06. The van der Waals surface area contributed by atoms with Crippen LogP contribution in [0.25, 0.3) is 11.4 Å². The van der Waals surface area contributed by atoms with Crippen molar-refractivity contribution in [1.29, 1.82) is 0 Å². The van der Waals surface area contributed by atoms with Crippen LogP contribution in [-0.4, -0.2) is 9.55 Å². The van der Waals surface area contributed by atoms with Crippen LogP contribution in [0.15, 0.2) is 60.7 Å². The first-order chi connectivity index (χ1) is 9.75. The molecule has 0 aliphatic heterocycles. The third-order valence-electron chi connectivity index (χ3n) is 3.08. The largest absolute Gasteiger partial charge is 0.314 e. The molecule has 3 aromatic rings. The average molecular weight is 486 g/mol. The molecule has 0 fully saturated rings. The molecule has 0 radical (unpaired) electrons. The van der Waals surface area contributed by atoms with Gasteiger partial charge in [0.15, 0.2) is 0 Å². The second kappa shape index (κ2) is 6.26. The number of imidazole rings is 1. The van der Waals surface area contributed by atoms with Crippen molar-refractivity contribution in [1.82, 2.24) is 9.55 Å². The molecular weight excluding hydrogens is 474 g/mol. The van der Waals surface area contributed by atoms with Gasteiger partial charge in [0.05, 0.1) is 6.54 Å². The van der Waals surface area contributed by atoms with E-state index in [1.54, 1.807) is 0 Å². The number of benzene rings is 2. The molecule has 2 aromatic carbocycles. The van der Waals surface area contributed by atoms with E-state index in [0.717, 1.165) is 21.6 Å². The van der Waals surface area contributed by atoms with Crippen molar-refractivity contribution in [3.05, 3.63) is 73.6 Å². The summed E-state index contributed by atoms with van der Waals surface area (Å²) in [6.07, 6.45) is 0. The summed E-state index contributed by atoms with van der Waals surface area (Å²) in [7, 11) is 0. The molecule has 0 aliphatic rings. The van der Waals surface area contributed by atoms with E-state index in [0.29, 0.717) is 0 Å². The Morgan fingerprint density at radius 3 is 2.10 bits per heavy atom. The summed E-state index contributed by atoms with van der Waals surface area (Å²) < 4.78 is 4.51. The van der Waals surface area contributed by atoms with Crippen LogP contribution in [0.3, 0.4) is 0 Å². The van der Waals surface area contributed by atoms with Gasteiger partial charge in [0.2, 0.25) is 0 Å². The molecule has 2 nitrogen and oxygen atoms in total. The van der Waals surface area contributed by atoms with Gasteiger partial charge in [-0.25, -0.2) is 4.98 Å². The minimum atomic E-state index is 0.847.